The maximum Gasteiger partial charge on any atom is 0.142 e. The highest BCUT2D eigenvalue weighted by Crippen LogP contribution is 2.30. The van der Waals surface area contributed by atoms with Crippen molar-refractivity contribution in [3.63, 3.8) is 0 Å². The van der Waals surface area contributed by atoms with Crippen molar-refractivity contribution in [1.29, 1.82) is 0 Å². The van der Waals surface area contributed by atoms with Crippen molar-refractivity contribution in [3.05, 3.63) is 42.0 Å². The summed E-state index contributed by atoms with van der Waals surface area (Å²) in [6.07, 6.45) is 0. The van der Waals surface area contributed by atoms with Gasteiger partial charge in [0.25, 0.3) is 0 Å². The zero-order valence-electron chi connectivity index (χ0n) is 10.0. The zero-order valence-corrected chi connectivity index (χ0v) is 10.0. The summed E-state index contributed by atoms with van der Waals surface area (Å²) < 4.78 is 5.21. The van der Waals surface area contributed by atoms with E-state index in [1.807, 2.05) is 37.3 Å². The molecule has 88 valence electrons. The van der Waals surface area contributed by atoms with Gasteiger partial charge in [-0.05, 0) is 47.9 Å². The second-order valence-corrected chi connectivity index (χ2v) is 4.03. The Morgan fingerprint density at radius 1 is 0.882 bits per heavy atom. The smallest absolute Gasteiger partial charge is 0.142 e. The van der Waals surface area contributed by atoms with Crippen LogP contribution in [0.15, 0.2) is 36.4 Å². The van der Waals surface area contributed by atoms with Crippen molar-refractivity contribution < 1.29 is 4.74 Å². The van der Waals surface area contributed by atoms with Crippen LogP contribution in [-0.2, 0) is 0 Å². The van der Waals surface area contributed by atoms with Crippen LogP contribution < -0.4 is 16.2 Å². The van der Waals surface area contributed by atoms with E-state index < -0.39 is 0 Å². The first kappa shape index (κ1) is 11.3. The molecule has 0 saturated carbocycles. The molecule has 0 radical (unpaired) electrons. The van der Waals surface area contributed by atoms with E-state index in [-0.39, 0.29) is 0 Å². The number of rotatable bonds is 2. The molecule has 0 unspecified atom stereocenters. The quantitative estimate of drug-likeness (QED) is 0.777. The van der Waals surface area contributed by atoms with Crippen molar-refractivity contribution in [1.82, 2.24) is 0 Å². The lowest BCUT2D eigenvalue weighted by Gasteiger charge is -2.09. The Bertz CT molecular complexity index is 550. The lowest BCUT2D eigenvalue weighted by molar-refractivity contribution is 0.417. The number of aryl methyl sites for hydroxylation is 1. The third kappa shape index (κ3) is 2.18. The van der Waals surface area contributed by atoms with Crippen LogP contribution in [0.1, 0.15) is 5.56 Å². The summed E-state index contributed by atoms with van der Waals surface area (Å²) in [5.74, 6) is 0.692. The summed E-state index contributed by atoms with van der Waals surface area (Å²) in [6.45, 7) is 1.99. The predicted octanol–water partition coefficient (Wildman–Crippen LogP) is 2.84. The molecule has 2 aromatic carbocycles. The van der Waals surface area contributed by atoms with Gasteiger partial charge in [0.05, 0.1) is 12.8 Å². The topological polar surface area (TPSA) is 61.3 Å². The van der Waals surface area contributed by atoms with Crippen LogP contribution in [0, 0.1) is 6.92 Å². The first-order valence-corrected chi connectivity index (χ1v) is 5.42. The third-order valence-corrected chi connectivity index (χ3v) is 2.84. The molecule has 0 saturated heterocycles. The number of benzene rings is 2. The largest absolute Gasteiger partial charge is 0.495 e. The van der Waals surface area contributed by atoms with Crippen LogP contribution in [0.5, 0.6) is 5.75 Å². The zero-order chi connectivity index (χ0) is 12.4. The van der Waals surface area contributed by atoms with Crippen molar-refractivity contribution in [2.45, 2.75) is 6.92 Å². The van der Waals surface area contributed by atoms with Gasteiger partial charge < -0.3 is 16.2 Å². The van der Waals surface area contributed by atoms with E-state index in [4.69, 9.17) is 16.2 Å². The summed E-state index contributed by atoms with van der Waals surface area (Å²) >= 11 is 0. The van der Waals surface area contributed by atoms with Gasteiger partial charge in [0.15, 0.2) is 0 Å². The number of methoxy groups -OCH3 is 1. The molecule has 0 spiro atoms. The van der Waals surface area contributed by atoms with Crippen molar-refractivity contribution in [2.75, 3.05) is 18.6 Å². The van der Waals surface area contributed by atoms with Gasteiger partial charge in [-0.15, -0.1) is 0 Å². The van der Waals surface area contributed by atoms with Crippen LogP contribution in [0.3, 0.4) is 0 Å². The molecular weight excluding hydrogens is 212 g/mol. The Hall–Kier alpha value is -2.16. The van der Waals surface area contributed by atoms with Gasteiger partial charge in [0.2, 0.25) is 0 Å². The Balaban J connectivity index is 2.49. The fourth-order valence-electron chi connectivity index (χ4n) is 1.75. The highest BCUT2D eigenvalue weighted by atomic mass is 16.5. The van der Waals surface area contributed by atoms with Crippen LogP contribution in [0.2, 0.25) is 0 Å². The molecule has 0 amide bonds. The first-order valence-electron chi connectivity index (χ1n) is 5.42. The summed E-state index contributed by atoms with van der Waals surface area (Å²) in [6, 6.07) is 11.7. The van der Waals surface area contributed by atoms with E-state index in [0.29, 0.717) is 11.4 Å². The molecule has 0 aliphatic carbocycles. The Morgan fingerprint density at radius 3 is 2.06 bits per heavy atom. The molecule has 2 aromatic rings. The van der Waals surface area contributed by atoms with E-state index >= 15 is 0 Å². The first-order chi connectivity index (χ1) is 8.11. The van der Waals surface area contributed by atoms with Gasteiger partial charge in [-0.25, -0.2) is 0 Å². The van der Waals surface area contributed by atoms with Crippen molar-refractivity contribution >= 4 is 11.4 Å². The van der Waals surface area contributed by atoms with Crippen molar-refractivity contribution in [3.8, 4) is 16.9 Å². The van der Waals surface area contributed by atoms with E-state index in [2.05, 4.69) is 6.07 Å². The molecular formula is C14H16N2O. The second-order valence-electron chi connectivity index (χ2n) is 4.03. The number of nitrogens with two attached hydrogens (primary N) is 2. The summed E-state index contributed by atoms with van der Waals surface area (Å²) in [5.41, 5.74) is 16.3. The highest BCUT2D eigenvalue weighted by molar-refractivity contribution is 5.72. The Morgan fingerprint density at radius 2 is 1.47 bits per heavy atom. The van der Waals surface area contributed by atoms with Gasteiger partial charge in [-0.3, -0.25) is 0 Å². The monoisotopic (exact) mass is 228 g/mol. The molecule has 4 N–H and O–H groups in total. The minimum Gasteiger partial charge on any atom is -0.495 e. The Kier molecular flexibility index (Phi) is 2.91. The number of anilines is 2. The molecule has 0 aliphatic rings. The maximum atomic E-state index is 5.80. The van der Waals surface area contributed by atoms with Crippen LogP contribution >= 0.6 is 0 Å². The maximum absolute atomic E-state index is 5.80. The average molecular weight is 228 g/mol. The fourth-order valence-corrected chi connectivity index (χ4v) is 1.75. The van der Waals surface area contributed by atoms with E-state index in [1.54, 1.807) is 7.11 Å². The van der Waals surface area contributed by atoms with Gasteiger partial charge in [0.1, 0.15) is 5.75 Å². The van der Waals surface area contributed by atoms with Gasteiger partial charge in [0, 0.05) is 5.69 Å². The predicted molar refractivity (Wildman–Crippen MR) is 72.0 cm³/mol. The summed E-state index contributed by atoms with van der Waals surface area (Å²) in [7, 11) is 1.61. The van der Waals surface area contributed by atoms with E-state index in [1.165, 1.54) is 0 Å². The molecule has 0 atom stereocenters. The SMILES string of the molecule is COc1cc(-c2ccc(N)c(C)c2)ccc1N. The van der Waals surface area contributed by atoms with Gasteiger partial charge in [-0.1, -0.05) is 12.1 Å². The minimum atomic E-state index is 0.642. The lowest BCUT2D eigenvalue weighted by atomic mass is 10.0. The molecule has 2 rings (SSSR count). The summed E-state index contributed by atoms with van der Waals surface area (Å²) in [4.78, 5) is 0. The molecule has 0 fully saturated rings. The molecule has 0 aliphatic heterocycles. The van der Waals surface area contributed by atoms with Crippen LogP contribution in [0.4, 0.5) is 11.4 Å². The minimum absolute atomic E-state index is 0.642. The van der Waals surface area contributed by atoms with Gasteiger partial charge in [-0.2, -0.15) is 0 Å². The van der Waals surface area contributed by atoms with E-state index in [9.17, 15) is 0 Å². The van der Waals surface area contributed by atoms with Crippen molar-refractivity contribution in [2.24, 2.45) is 0 Å². The average Bonchev–Trinajstić information content (AvgIpc) is 2.33. The normalized spacial score (nSPS) is 10.2. The Labute approximate surface area is 101 Å². The number of hydrogen-bond acceptors (Lipinski definition) is 3. The summed E-state index contributed by atoms with van der Waals surface area (Å²) in [5, 5.41) is 0. The van der Waals surface area contributed by atoms with Crippen LogP contribution in [0.25, 0.3) is 11.1 Å². The molecule has 0 heterocycles. The molecule has 3 heteroatoms. The molecule has 3 nitrogen and oxygen atoms in total. The van der Waals surface area contributed by atoms with E-state index in [0.717, 1.165) is 22.4 Å². The molecule has 17 heavy (non-hydrogen) atoms. The number of ether oxygens (including phenoxy) is 1. The number of hydrogen-bond donors (Lipinski definition) is 2. The molecule has 0 aromatic heterocycles. The van der Waals surface area contributed by atoms with Crippen LogP contribution in [-0.4, -0.2) is 7.11 Å². The lowest BCUT2D eigenvalue weighted by Crippen LogP contribution is -1.93. The van der Waals surface area contributed by atoms with Gasteiger partial charge >= 0.3 is 0 Å². The number of nitrogen functional groups attached to an aromatic ring is 2. The molecule has 0 bridgehead atoms. The standard InChI is InChI=1S/C14H16N2O/c1-9-7-10(3-5-12(9)15)11-4-6-13(16)14(8-11)17-2/h3-8H,15-16H2,1-2H3. The highest BCUT2D eigenvalue weighted by Gasteiger charge is 2.04. The second kappa shape index (κ2) is 4.37. The third-order valence-electron chi connectivity index (χ3n) is 2.84. The fraction of sp³-hybridized carbons (Fsp3) is 0.143.